The maximum absolute atomic E-state index is 12.6. The number of hydrogen-bond acceptors (Lipinski definition) is 6. The predicted octanol–water partition coefficient (Wildman–Crippen LogP) is 3.45. The fourth-order valence-electron chi connectivity index (χ4n) is 2.41. The van der Waals surface area contributed by atoms with E-state index >= 15 is 0 Å². The van der Waals surface area contributed by atoms with Crippen LogP contribution in [0.3, 0.4) is 0 Å². The molecule has 0 radical (unpaired) electrons. The number of halogens is 2. The molecular weight excluding hydrogens is 427 g/mol. The van der Waals surface area contributed by atoms with E-state index in [0.717, 1.165) is 5.56 Å². The molecule has 1 heterocycles. The van der Waals surface area contributed by atoms with Crippen LogP contribution in [0.15, 0.2) is 47.6 Å². The quantitative estimate of drug-likeness (QED) is 0.601. The minimum absolute atomic E-state index is 0.00835. The molecule has 0 atom stereocenters. The van der Waals surface area contributed by atoms with Gasteiger partial charge < -0.3 is 9.47 Å². The molecule has 0 unspecified atom stereocenters. The first kappa shape index (κ1) is 20.2. The summed E-state index contributed by atoms with van der Waals surface area (Å²) in [5.74, 6) is 0.656. The Balaban J connectivity index is 1.77. The Bertz CT molecular complexity index is 1100. The van der Waals surface area contributed by atoms with Gasteiger partial charge in [-0.25, -0.2) is 17.8 Å². The number of sulfonamides is 1. The Hall–Kier alpha value is -2.49. The number of methoxy groups -OCH3 is 2. The highest BCUT2D eigenvalue weighted by molar-refractivity contribution is 7.92. The lowest BCUT2D eigenvalue weighted by molar-refractivity contribution is 0.354. The van der Waals surface area contributed by atoms with E-state index in [0.29, 0.717) is 28.1 Å². The van der Waals surface area contributed by atoms with Crippen molar-refractivity contribution in [2.75, 3.05) is 18.9 Å². The van der Waals surface area contributed by atoms with Gasteiger partial charge in [0.15, 0.2) is 11.5 Å². The smallest absolute Gasteiger partial charge is 0.264 e. The van der Waals surface area contributed by atoms with Crippen molar-refractivity contribution in [1.82, 2.24) is 14.8 Å². The van der Waals surface area contributed by atoms with Crippen LogP contribution in [0.4, 0.5) is 5.95 Å². The zero-order chi connectivity index (χ0) is 20.3. The Labute approximate surface area is 172 Å². The molecule has 3 aromatic rings. The summed E-state index contributed by atoms with van der Waals surface area (Å²) < 4.78 is 39.2. The molecule has 1 aromatic heterocycles. The lowest BCUT2D eigenvalue weighted by Crippen LogP contribution is -2.14. The first-order valence-corrected chi connectivity index (χ1v) is 10.1. The molecule has 0 aliphatic heterocycles. The summed E-state index contributed by atoms with van der Waals surface area (Å²) in [5.41, 5.74) is 0.841. The molecule has 3 rings (SSSR count). The molecular formula is C17H16Cl2N4O4S. The van der Waals surface area contributed by atoms with Gasteiger partial charge in [0.25, 0.3) is 16.0 Å². The second-order valence-corrected chi connectivity index (χ2v) is 8.13. The largest absolute Gasteiger partial charge is 0.493 e. The van der Waals surface area contributed by atoms with Crippen molar-refractivity contribution in [3.8, 4) is 11.5 Å². The van der Waals surface area contributed by atoms with Gasteiger partial charge in [-0.1, -0.05) is 29.3 Å². The van der Waals surface area contributed by atoms with Gasteiger partial charge >= 0.3 is 0 Å². The van der Waals surface area contributed by atoms with E-state index in [9.17, 15) is 8.42 Å². The van der Waals surface area contributed by atoms with Crippen molar-refractivity contribution in [3.63, 3.8) is 0 Å². The van der Waals surface area contributed by atoms with Gasteiger partial charge in [-0.05, 0) is 29.8 Å². The molecule has 0 aliphatic rings. The van der Waals surface area contributed by atoms with E-state index in [4.69, 9.17) is 32.7 Å². The summed E-state index contributed by atoms with van der Waals surface area (Å²) in [7, 11) is -1.01. The third-order valence-corrected chi connectivity index (χ3v) is 5.82. The summed E-state index contributed by atoms with van der Waals surface area (Å²) in [5, 5.41) is 5.00. The molecule has 0 saturated heterocycles. The van der Waals surface area contributed by atoms with Gasteiger partial charge in [-0.15, -0.1) is 5.10 Å². The Morgan fingerprint density at radius 2 is 1.79 bits per heavy atom. The highest BCUT2D eigenvalue weighted by atomic mass is 35.5. The van der Waals surface area contributed by atoms with Crippen molar-refractivity contribution in [1.29, 1.82) is 0 Å². The molecule has 0 aliphatic carbocycles. The summed E-state index contributed by atoms with van der Waals surface area (Å²) in [6.45, 7) is 0.349. The fourth-order valence-corrected chi connectivity index (χ4v) is 3.69. The average Bonchev–Trinajstić information content (AvgIpc) is 3.10. The Kier molecular flexibility index (Phi) is 5.97. The molecule has 8 nitrogen and oxygen atoms in total. The van der Waals surface area contributed by atoms with Crippen molar-refractivity contribution in [2.24, 2.45) is 0 Å². The van der Waals surface area contributed by atoms with Gasteiger partial charge in [-0.2, -0.15) is 4.98 Å². The number of anilines is 1. The number of aromatic nitrogens is 3. The Morgan fingerprint density at radius 1 is 1.04 bits per heavy atom. The van der Waals surface area contributed by atoms with Crippen LogP contribution in [0.1, 0.15) is 5.56 Å². The van der Waals surface area contributed by atoms with E-state index in [2.05, 4.69) is 14.8 Å². The van der Waals surface area contributed by atoms with Crippen LogP contribution in [-0.4, -0.2) is 37.4 Å². The van der Waals surface area contributed by atoms with E-state index in [-0.39, 0.29) is 10.8 Å². The monoisotopic (exact) mass is 442 g/mol. The number of nitrogens with one attached hydrogen (secondary N) is 1. The van der Waals surface area contributed by atoms with Gasteiger partial charge in [0.1, 0.15) is 6.33 Å². The maximum atomic E-state index is 12.6. The second-order valence-electron chi connectivity index (χ2n) is 5.64. The van der Waals surface area contributed by atoms with E-state index in [1.807, 2.05) is 0 Å². The van der Waals surface area contributed by atoms with Crippen LogP contribution in [0.2, 0.25) is 10.0 Å². The molecule has 0 spiro atoms. The molecule has 0 amide bonds. The lowest BCUT2D eigenvalue weighted by atomic mass is 10.2. The summed E-state index contributed by atoms with van der Waals surface area (Å²) in [6, 6.07) is 9.44. The van der Waals surface area contributed by atoms with Crippen LogP contribution in [0.25, 0.3) is 0 Å². The number of benzene rings is 2. The first-order chi connectivity index (χ1) is 13.3. The topological polar surface area (TPSA) is 95.3 Å². The van der Waals surface area contributed by atoms with E-state index < -0.39 is 10.0 Å². The van der Waals surface area contributed by atoms with Gasteiger partial charge in [-0.3, -0.25) is 0 Å². The normalized spacial score (nSPS) is 11.3. The number of hydrogen-bond donors (Lipinski definition) is 1. The number of rotatable bonds is 7. The molecule has 11 heteroatoms. The zero-order valence-electron chi connectivity index (χ0n) is 14.9. The van der Waals surface area contributed by atoms with Crippen LogP contribution in [-0.2, 0) is 16.6 Å². The molecule has 2 aromatic carbocycles. The fraction of sp³-hybridized carbons (Fsp3) is 0.176. The Morgan fingerprint density at radius 3 is 2.46 bits per heavy atom. The summed E-state index contributed by atoms with van der Waals surface area (Å²) in [6.07, 6.45) is 1.41. The van der Waals surface area contributed by atoms with E-state index in [1.54, 1.807) is 18.2 Å². The van der Waals surface area contributed by atoms with Crippen LogP contribution >= 0.6 is 23.2 Å². The molecule has 0 bridgehead atoms. The molecule has 1 N–H and O–H groups in total. The average molecular weight is 443 g/mol. The third-order valence-electron chi connectivity index (χ3n) is 3.76. The summed E-state index contributed by atoms with van der Waals surface area (Å²) in [4.78, 5) is 3.98. The standard InChI is InChI=1S/C17H16Cl2N4O4S/c1-26-15-6-4-12(8-16(15)27-2)28(24,25)22-17-20-10-23(21-17)9-11-3-5-13(18)14(19)7-11/h3-8,10H,9H2,1-2H3,(H,21,22). The highest BCUT2D eigenvalue weighted by Crippen LogP contribution is 2.30. The first-order valence-electron chi connectivity index (χ1n) is 7.90. The van der Waals surface area contributed by atoms with Crippen LogP contribution in [0.5, 0.6) is 11.5 Å². The second kappa shape index (κ2) is 8.26. The minimum atomic E-state index is -3.91. The highest BCUT2D eigenvalue weighted by Gasteiger charge is 2.19. The molecule has 148 valence electrons. The lowest BCUT2D eigenvalue weighted by Gasteiger charge is -2.10. The predicted molar refractivity (Wildman–Crippen MR) is 106 cm³/mol. The van der Waals surface area contributed by atoms with Crippen molar-refractivity contribution >= 4 is 39.2 Å². The molecule has 0 saturated carbocycles. The van der Waals surface area contributed by atoms with E-state index in [1.165, 1.54) is 43.4 Å². The third kappa shape index (κ3) is 4.49. The minimum Gasteiger partial charge on any atom is -0.493 e. The van der Waals surface area contributed by atoms with Crippen LogP contribution < -0.4 is 14.2 Å². The van der Waals surface area contributed by atoms with Gasteiger partial charge in [0.2, 0.25) is 0 Å². The van der Waals surface area contributed by atoms with Crippen molar-refractivity contribution < 1.29 is 17.9 Å². The molecule has 28 heavy (non-hydrogen) atoms. The van der Waals surface area contributed by atoms with Gasteiger partial charge in [0, 0.05) is 6.07 Å². The van der Waals surface area contributed by atoms with Gasteiger partial charge in [0.05, 0.1) is 35.7 Å². The molecule has 0 fully saturated rings. The van der Waals surface area contributed by atoms with Crippen molar-refractivity contribution in [2.45, 2.75) is 11.4 Å². The number of ether oxygens (including phenoxy) is 2. The number of nitrogens with zero attached hydrogens (tertiary/aromatic N) is 3. The zero-order valence-corrected chi connectivity index (χ0v) is 17.2. The summed E-state index contributed by atoms with van der Waals surface area (Å²) >= 11 is 11.9. The van der Waals surface area contributed by atoms with Crippen LogP contribution in [0, 0.1) is 0 Å². The maximum Gasteiger partial charge on any atom is 0.264 e. The SMILES string of the molecule is COc1ccc(S(=O)(=O)Nc2ncn(Cc3ccc(Cl)c(Cl)c3)n2)cc1OC. The van der Waals surface area contributed by atoms with Crippen molar-refractivity contribution in [3.05, 3.63) is 58.3 Å².